The van der Waals surface area contributed by atoms with Gasteiger partial charge in [0.15, 0.2) is 0 Å². The topological polar surface area (TPSA) is 33.1 Å². The summed E-state index contributed by atoms with van der Waals surface area (Å²) in [4.78, 5) is 5.17. The van der Waals surface area contributed by atoms with E-state index in [2.05, 4.69) is 4.98 Å². The molecule has 1 unspecified atom stereocenters. The van der Waals surface area contributed by atoms with Crippen molar-refractivity contribution in [3.63, 3.8) is 0 Å². The van der Waals surface area contributed by atoms with Gasteiger partial charge in [0, 0.05) is 5.56 Å². The minimum atomic E-state index is -0.544. The molecule has 0 aliphatic carbocycles. The summed E-state index contributed by atoms with van der Waals surface area (Å²) >= 11 is 7.12. The fourth-order valence-corrected chi connectivity index (χ4v) is 2.73. The molecule has 2 nitrogen and oxygen atoms in total. The van der Waals surface area contributed by atoms with Crippen molar-refractivity contribution < 1.29 is 9.50 Å². The second-order valence-electron chi connectivity index (χ2n) is 3.77. The van der Waals surface area contributed by atoms with Crippen LogP contribution >= 0.6 is 22.9 Å². The summed E-state index contributed by atoms with van der Waals surface area (Å²) in [7, 11) is 0. The molecule has 90 valence electrons. The van der Waals surface area contributed by atoms with Crippen LogP contribution in [0.5, 0.6) is 0 Å². The number of nitrogens with zero attached hydrogens (tertiary/aromatic N) is 1. The number of rotatable bonds is 2. The standard InChI is InChI=1S/C12H11ClFNOS/c1-6-11(7(2)16)17-12(15-6)8-3-4-10(14)9(13)5-8/h3-5,7,16H,1-2H3. The van der Waals surface area contributed by atoms with Gasteiger partial charge in [-0.15, -0.1) is 11.3 Å². The molecular weight excluding hydrogens is 261 g/mol. The van der Waals surface area contributed by atoms with Gasteiger partial charge in [0.25, 0.3) is 0 Å². The average molecular weight is 272 g/mol. The summed E-state index contributed by atoms with van der Waals surface area (Å²) in [5, 5.41) is 10.4. The molecule has 0 bridgehead atoms. The molecule has 0 aliphatic rings. The van der Waals surface area contributed by atoms with Crippen LogP contribution in [0.2, 0.25) is 5.02 Å². The Kier molecular flexibility index (Phi) is 3.47. The van der Waals surface area contributed by atoms with E-state index in [-0.39, 0.29) is 5.02 Å². The zero-order chi connectivity index (χ0) is 12.6. The van der Waals surface area contributed by atoms with Crippen LogP contribution in [0.25, 0.3) is 10.6 Å². The van der Waals surface area contributed by atoms with Gasteiger partial charge in [-0.05, 0) is 32.0 Å². The molecule has 2 aromatic rings. The van der Waals surface area contributed by atoms with Crippen molar-refractivity contribution in [1.29, 1.82) is 0 Å². The molecule has 0 fully saturated rings. The smallest absolute Gasteiger partial charge is 0.141 e. The van der Waals surface area contributed by atoms with E-state index in [1.807, 2.05) is 6.92 Å². The normalized spacial score (nSPS) is 12.8. The Morgan fingerprint density at radius 3 is 2.71 bits per heavy atom. The van der Waals surface area contributed by atoms with E-state index in [4.69, 9.17) is 11.6 Å². The highest BCUT2D eigenvalue weighted by Crippen LogP contribution is 2.33. The molecule has 1 aromatic carbocycles. The van der Waals surface area contributed by atoms with Crippen LogP contribution < -0.4 is 0 Å². The van der Waals surface area contributed by atoms with Crippen molar-refractivity contribution in [2.45, 2.75) is 20.0 Å². The summed E-state index contributed by atoms with van der Waals surface area (Å²) in [6.07, 6.45) is -0.544. The summed E-state index contributed by atoms with van der Waals surface area (Å²) in [5.41, 5.74) is 1.55. The third-order valence-corrected chi connectivity index (χ3v) is 4.04. The lowest BCUT2D eigenvalue weighted by molar-refractivity contribution is 0.202. The molecule has 1 N–H and O–H groups in total. The zero-order valence-corrected chi connectivity index (χ0v) is 10.9. The molecule has 2 rings (SSSR count). The molecule has 1 aromatic heterocycles. The maximum absolute atomic E-state index is 13.0. The van der Waals surface area contributed by atoms with Crippen molar-refractivity contribution in [3.8, 4) is 10.6 Å². The lowest BCUT2D eigenvalue weighted by Gasteiger charge is -1.99. The Labute approximate surface area is 108 Å². The Hall–Kier alpha value is -0.970. The Bertz CT molecular complexity index is 553. The van der Waals surface area contributed by atoms with Gasteiger partial charge in [-0.3, -0.25) is 0 Å². The lowest BCUT2D eigenvalue weighted by atomic mass is 10.2. The van der Waals surface area contributed by atoms with Crippen LogP contribution in [0.3, 0.4) is 0 Å². The third-order valence-electron chi connectivity index (χ3n) is 2.38. The SMILES string of the molecule is Cc1nc(-c2ccc(F)c(Cl)c2)sc1C(C)O. The maximum Gasteiger partial charge on any atom is 0.141 e. The van der Waals surface area contributed by atoms with Gasteiger partial charge < -0.3 is 5.11 Å². The van der Waals surface area contributed by atoms with Crippen LogP contribution in [0.1, 0.15) is 23.6 Å². The Morgan fingerprint density at radius 1 is 1.47 bits per heavy atom. The molecule has 0 saturated heterocycles. The van der Waals surface area contributed by atoms with Gasteiger partial charge in [0.1, 0.15) is 10.8 Å². The number of thiazole rings is 1. The first-order valence-electron chi connectivity index (χ1n) is 5.10. The molecule has 0 aliphatic heterocycles. The van der Waals surface area contributed by atoms with Gasteiger partial charge in [-0.2, -0.15) is 0 Å². The van der Waals surface area contributed by atoms with Crippen molar-refractivity contribution >= 4 is 22.9 Å². The predicted octanol–water partition coefficient (Wildman–Crippen LogP) is 3.96. The Morgan fingerprint density at radius 2 is 2.18 bits per heavy atom. The quantitative estimate of drug-likeness (QED) is 0.897. The summed E-state index contributed by atoms with van der Waals surface area (Å²) < 4.78 is 13.0. The summed E-state index contributed by atoms with van der Waals surface area (Å²) in [5.74, 6) is -0.445. The van der Waals surface area contributed by atoms with E-state index < -0.39 is 11.9 Å². The van der Waals surface area contributed by atoms with Crippen molar-refractivity contribution in [1.82, 2.24) is 4.98 Å². The van der Waals surface area contributed by atoms with E-state index >= 15 is 0 Å². The van der Waals surface area contributed by atoms with Crippen molar-refractivity contribution in [3.05, 3.63) is 39.6 Å². The highest BCUT2D eigenvalue weighted by atomic mass is 35.5. The first-order valence-corrected chi connectivity index (χ1v) is 6.29. The minimum absolute atomic E-state index is 0.0777. The predicted molar refractivity (Wildman–Crippen MR) is 67.9 cm³/mol. The van der Waals surface area contributed by atoms with Gasteiger partial charge in [-0.25, -0.2) is 9.37 Å². The largest absolute Gasteiger partial charge is 0.388 e. The van der Waals surface area contributed by atoms with Gasteiger partial charge in [0.2, 0.25) is 0 Å². The fraction of sp³-hybridized carbons (Fsp3) is 0.250. The molecule has 1 atom stereocenters. The van der Waals surface area contributed by atoms with E-state index in [0.29, 0.717) is 0 Å². The maximum atomic E-state index is 13.0. The van der Waals surface area contributed by atoms with Crippen molar-refractivity contribution in [2.75, 3.05) is 0 Å². The zero-order valence-electron chi connectivity index (χ0n) is 9.37. The molecule has 0 amide bonds. The summed E-state index contributed by atoms with van der Waals surface area (Å²) in [6, 6.07) is 4.49. The number of aliphatic hydroxyl groups excluding tert-OH is 1. The number of halogens is 2. The van der Waals surface area contributed by atoms with Crippen LogP contribution in [-0.4, -0.2) is 10.1 Å². The fourth-order valence-electron chi connectivity index (χ4n) is 1.55. The van der Waals surface area contributed by atoms with Gasteiger partial charge in [-0.1, -0.05) is 11.6 Å². The van der Waals surface area contributed by atoms with E-state index in [1.165, 1.54) is 17.4 Å². The molecule has 0 radical (unpaired) electrons. The van der Waals surface area contributed by atoms with Gasteiger partial charge >= 0.3 is 0 Å². The van der Waals surface area contributed by atoms with E-state index in [1.54, 1.807) is 19.1 Å². The molecule has 0 spiro atoms. The van der Waals surface area contributed by atoms with Crippen molar-refractivity contribution in [2.24, 2.45) is 0 Å². The number of aromatic nitrogens is 1. The monoisotopic (exact) mass is 271 g/mol. The summed E-state index contributed by atoms with van der Waals surface area (Å²) in [6.45, 7) is 3.54. The average Bonchev–Trinajstić information content (AvgIpc) is 2.64. The van der Waals surface area contributed by atoms with E-state index in [9.17, 15) is 9.50 Å². The number of aliphatic hydroxyl groups is 1. The van der Waals surface area contributed by atoms with Crippen LogP contribution in [-0.2, 0) is 0 Å². The number of hydrogen-bond acceptors (Lipinski definition) is 3. The number of aryl methyl sites for hydroxylation is 1. The molecule has 1 heterocycles. The first kappa shape index (κ1) is 12.5. The van der Waals surface area contributed by atoms with Crippen LogP contribution in [0.15, 0.2) is 18.2 Å². The number of hydrogen-bond donors (Lipinski definition) is 1. The minimum Gasteiger partial charge on any atom is -0.388 e. The molecular formula is C12H11ClFNOS. The number of benzene rings is 1. The second kappa shape index (κ2) is 4.72. The Balaban J connectivity index is 2.46. The second-order valence-corrected chi connectivity index (χ2v) is 5.21. The van der Waals surface area contributed by atoms with Gasteiger partial charge in [0.05, 0.1) is 21.7 Å². The first-order chi connectivity index (χ1) is 7.99. The highest BCUT2D eigenvalue weighted by Gasteiger charge is 2.14. The van der Waals surface area contributed by atoms with Crippen LogP contribution in [0, 0.1) is 12.7 Å². The van der Waals surface area contributed by atoms with Crippen LogP contribution in [0.4, 0.5) is 4.39 Å². The molecule has 17 heavy (non-hydrogen) atoms. The lowest BCUT2D eigenvalue weighted by Crippen LogP contribution is -1.88. The van der Waals surface area contributed by atoms with E-state index in [0.717, 1.165) is 21.1 Å². The molecule has 5 heteroatoms. The third kappa shape index (κ3) is 2.49. The highest BCUT2D eigenvalue weighted by molar-refractivity contribution is 7.15. The molecule has 0 saturated carbocycles.